The molecule has 7 nitrogen and oxygen atoms in total. The van der Waals surface area contributed by atoms with E-state index in [1.165, 1.54) is 18.2 Å². The van der Waals surface area contributed by atoms with E-state index in [2.05, 4.69) is 9.71 Å². The molecule has 11 heteroatoms. The molecule has 0 aliphatic heterocycles. The third kappa shape index (κ3) is 5.12. The molecule has 0 aliphatic carbocycles. The van der Waals surface area contributed by atoms with Gasteiger partial charge in [0.25, 0.3) is 5.91 Å². The predicted molar refractivity (Wildman–Crippen MR) is 98.8 cm³/mol. The number of aryl methyl sites for hydroxylation is 1. The number of fused-ring (bicyclic) bond motifs is 1. The highest BCUT2D eigenvalue weighted by Crippen LogP contribution is 2.15. The van der Waals surface area contributed by atoms with Crippen LogP contribution in [0.4, 0.5) is 13.2 Å². The van der Waals surface area contributed by atoms with Crippen LogP contribution in [0.15, 0.2) is 53.6 Å². The standard InChI is InChI=1S/C18H17F3N4O3S/c1-12-4-2-7-16-24-14(10-25(12)16)9-23-29(27,28)15-6-3-5-13(8-15)17(26)22-11-18(19,20)21/h2-8,10,23H,9,11H2,1H3,(H,22,26). The van der Waals surface area contributed by atoms with Crippen molar-refractivity contribution in [3.8, 4) is 0 Å². The van der Waals surface area contributed by atoms with Crippen LogP contribution in [0.5, 0.6) is 0 Å². The Morgan fingerprint density at radius 3 is 2.59 bits per heavy atom. The summed E-state index contributed by atoms with van der Waals surface area (Å²) in [5.74, 6) is -1.02. The maximum atomic E-state index is 12.5. The second-order valence-corrected chi connectivity index (χ2v) is 8.04. The fourth-order valence-corrected chi connectivity index (χ4v) is 3.67. The summed E-state index contributed by atoms with van der Waals surface area (Å²) in [6.07, 6.45) is -2.86. The number of pyridine rings is 1. The Kier molecular flexibility index (Phi) is 5.62. The molecule has 0 unspecified atom stereocenters. The van der Waals surface area contributed by atoms with Crippen LogP contribution in [-0.4, -0.2) is 36.4 Å². The van der Waals surface area contributed by atoms with Gasteiger partial charge in [-0.2, -0.15) is 13.2 Å². The van der Waals surface area contributed by atoms with Crippen LogP contribution in [0.3, 0.4) is 0 Å². The molecule has 2 aromatic heterocycles. The monoisotopic (exact) mass is 426 g/mol. The molecular weight excluding hydrogens is 409 g/mol. The van der Waals surface area contributed by atoms with Gasteiger partial charge in [-0.3, -0.25) is 4.79 Å². The van der Waals surface area contributed by atoms with Gasteiger partial charge in [0.2, 0.25) is 10.0 Å². The first-order chi connectivity index (χ1) is 13.5. The Bertz CT molecular complexity index is 1160. The number of imidazole rings is 1. The summed E-state index contributed by atoms with van der Waals surface area (Å²) in [4.78, 5) is 15.9. The minimum absolute atomic E-state index is 0.0893. The van der Waals surface area contributed by atoms with Crippen molar-refractivity contribution in [2.24, 2.45) is 0 Å². The fourth-order valence-electron chi connectivity index (χ4n) is 2.62. The summed E-state index contributed by atoms with van der Waals surface area (Å²) in [5.41, 5.74) is 1.90. The van der Waals surface area contributed by atoms with E-state index in [1.54, 1.807) is 17.6 Å². The van der Waals surface area contributed by atoms with Gasteiger partial charge in [0.05, 0.1) is 17.1 Å². The Balaban J connectivity index is 1.73. The van der Waals surface area contributed by atoms with Crippen LogP contribution in [0.2, 0.25) is 0 Å². The maximum absolute atomic E-state index is 12.5. The van der Waals surface area contributed by atoms with E-state index in [0.717, 1.165) is 11.8 Å². The van der Waals surface area contributed by atoms with Crippen molar-refractivity contribution < 1.29 is 26.4 Å². The first-order valence-electron chi connectivity index (χ1n) is 8.43. The lowest BCUT2D eigenvalue weighted by Crippen LogP contribution is -2.33. The zero-order chi connectivity index (χ0) is 21.2. The molecule has 0 saturated heterocycles. The average Bonchev–Trinajstić information content (AvgIpc) is 3.09. The number of hydrogen-bond acceptors (Lipinski definition) is 4. The number of aromatic nitrogens is 2. The molecule has 0 fully saturated rings. The first kappa shape index (κ1) is 20.8. The molecule has 0 saturated carbocycles. The Morgan fingerprint density at radius 2 is 1.90 bits per heavy atom. The molecule has 0 atom stereocenters. The van der Waals surface area contributed by atoms with Crippen LogP contribution >= 0.6 is 0 Å². The molecule has 2 N–H and O–H groups in total. The van der Waals surface area contributed by atoms with Crippen molar-refractivity contribution in [1.29, 1.82) is 0 Å². The average molecular weight is 426 g/mol. The number of halogens is 3. The van der Waals surface area contributed by atoms with Gasteiger partial charge >= 0.3 is 6.18 Å². The highest BCUT2D eigenvalue weighted by atomic mass is 32.2. The number of nitrogens with one attached hydrogen (secondary N) is 2. The summed E-state index contributed by atoms with van der Waals surface area (Å²) in [6, 6.07) is 10.3. The lowest BCUT2D eigenvalue weighted by Gasteiger charge is -2.10. The maximum Gasteiger partial charge on any atom is 0.405 e. The molecule has 3 aromatic rings. The van der Waals surface area contributed by atoms with Gasteiger partial charge < -0.3 is 9.72 Å². The number of hydrogen-bond donors (Lipinski definition) is 2. The molecule has 0 aliphatic rings. The van der Waals surface area contributed by atoms with Gasteiger partial charge in [-0.05, 0) is 37.3 Å². The first-order valence-corrected chi connectivity index (χ1v) is 9.92. The van der Waals surface area contributed by atoms with Crippen LogP contribution in [0.1, 0.15) is 21.7 Å². The molecule has 3 rings (SSSR count). The number of carbonyl (C=O) groups excluding carboxylic acids is 1. The summed E-state index contributed by atoms with van der Waals surface area (Å²) < 4.78 is 65.9. The molecule has 2 heterocycles. The van der Waals surface area contributed by atoms with Crippen LogP contribution in [0.25, 0.3) is 5.65 Å². The summed E-state index contributed by atoms with van der Waals surface area (Å²) >= 11 is 0. The van der Waals surface area contributed by atoms with E-state index < -0.39 is 28.7 Å². The zero-order valence-electron chi connectivity index (χ0n) is 15.2. The third-order valence-corrected chi connectivity index (χ3v) is 5.44. The van der Waals surface area contributed by atoms with E-state index in [-0.39, 0.29) is 17.0 Å². The van der Waals surface area contributed by atoms with Gasteiger partial charge in [-0.15, -0.1) is 0 Å². The lowest BCUT2D eigenvalue weighted by molar-refractivity contribution is -0.123. The van der Waals surface area contributed by atoms with Crippen molar-refractivity contribution >= 4 is 21.6 Å². The third-order valence-electron chi connectivity index (χ3n) is 4.05. The molecule has 29 heavy (non-hydrogen) atoms. The number of sulfonamides is 1. The second-order valence-electron chi connectivity index (χ2n) is 6.28. The summed E-state index contributed by atoms with van der Waals surface area (Å²) in [5, 5.41) is 1.70. The van der Waals surface area contributed by atoms with Crippen molar-refractivity contribution in [3.63, 3.8) is 0 Å². The van der Waals surface area contributed by atoms with Crippen LogP contribution in [0, 0.1) is 6.92 Å². The number of benzene rings is 1. The van der Waals surface area contributed by atoms with Gasteiger partial charge in [0.15, 0.2) is 0 Å². The minimum Gasteiger partial charge on any atom is -0.343 e. The Morgan fingerprint density at radius 1 is 1.17 bits per heavy atom. The molecular formula is C18H17F3N4O3S. The quantitative estimate of drug-likeness (QED) is 0.633. The number of rotatable bonds is 6. The predicted octanol–water partition coefficient (Wildman–Crippen LogP) is 2.41. The minimum atomic E-state index is -4.56. The van der Waals surface area contributed by atoms with E-state index in [1.807, 2.05) is 23.5 Å². The molecule has 1 aromatic carbocycles. The van der Waals surface area contributed by atoms with Crippen molar-refractivity contribution in [2.45, 2.75) is 24.5 Å². The van der Waals surface area contributed by atoms with Crippen molar-refractivity contribution in [3.05, 3.63) is 65.6 Å². The van der Waals surface area contributed by atoms with Crippen LogP contribution in [-0.2, 0) is 16.6 Å². The van der Waals surface area contributed by atoms with E-state index >= 15 is 0 Å². The molecule has 0 radical (unpaired) electrons. The molecule has 154 valence electrons. The van der Waals surface area contributed by atoms with Gasteiger partial charge in [-0.25, -0.2) is 18.1 Å². The van der Waals surface area contributed by atoms with Crippen molar-refractivity contribution in [2.75, 3.05) is 6.54 Å². The molecule has 1 amide bonds. The zero-order valence-corrected chi connectivity index (χ0v) is 16.0. The van der Waals surface area contributed by atoms with Crippen molar-refractivity contribution in [1.82, 2.24) is 19.4 Å². The number of nitrogens with zero attached hydrogens (tertiary/aromatic N) is 2. The highest BCUT2D eigenvalue weighted by molar-refractivity contribution is 7.89. The van der Waals surface area contributed by atoms with Gasteiger partial charge in [0, 0.05) is 17.5 Å². The smallest absolute Gasteiger partial charge is 0.343 e. The topological polar surface area (TPSA) is 92.6 Å². The number of amides is 1. The van der Waals surface area contributed by atoms with E-state index in [4.69, 9.17) is 0 Å². The summed E-state index contributed by atoms with van der Waals surface area (Å²) in [7, 11) is -4.01. The van der Waals surface area contributed by atoms with E-state index in [0.29, 0.717) is 11.3 Å². The SMILES string of the molecule is Cc1cccc2nc(CNS(=O)(=O)c3cccc(C(=O)NCC(F)(F)F)c3)cn12. The Labute approximate surface area is 164 Å². The van der Waals surface area contributed by atoms with E-state index in [9.17, 15) is 26.4 Å². The van der Waals surface area contributed by atoms with Gasteiger partial charge in [0.1, 0.15) is 12.2 Å². The van der Waals surface area contributed by atoms with Crippen LogP contribution < -0.4 is 10.0 Å². The Hall–Kier alpha value is -2.92. The number of carbonyl (C=O) groups is 1. The molecule has 0 spiro atoms. The second kappa shape index (κ2) is 7.84. The molecule has 0 bridgehead atoms. The fraction of sp³-hybridized carbons (Fsp3) is 0.222. The summed E-state index contributed by atoms with van der Waals surface area (Å²) in [6.45, 7) is 0.292. The normalized spacial score (nSPS) is 12.3. The largest absolute Gasteiger partial charge is 0.405 e. The highest BCUT2D eigenvalue weighted by Gasteiger charge is 2.28. The number of alkyl halides is 3. The van der Waals surface area contributed by atoms with Gasteiger partial charge in [-0.1, -0.05) is 12.1 Å². The lowest BCUT2D eigenvalue weighted by atomic mass is 10.2.